The van der Waals surface area contributed by atoms with Crippen molar-refractivity contribution in [3.8, 4) is 0 Å². The molecule has 186 valence electrons. The summed E-state index contributed by atoms with van der Waals surface area (Å²) in [6.45, 7) is 3.85. The summed E-state index contributed by atoms with van der Waals surface area (Å²) in [6.07, 6.45) is 7.57. The molecule has 4 unspecified atom stereocenters. The molecule has 1 amide bonds. The minimum Gasteiger partial charge on any atom is -0.379 e. The maximum Gasteiger partial charge on any atom is 0.228 e. The van der Waals surface area contributed by atoms with Crippen molar-refractivity contribution in [3.05, 3.63) is 64.4 Å². The fourth-order valence-electron chi connectivity index (χ4n) is 6.83. The molecule has 35 heavy (non-hydrogen) atoms. The van der Waals surface area contributed by atoms with E-state index in [1.165, 1.54) is 24.0 Å². The van der Waals surface area contributed by atoms with E-state index in [2.05, 4.69) is 51.6 Å². The number of halogens is 1. The van der Waals surface area contributed by atoms with Gasteiger partial charge in [-0.25, -0.2) is 4.98 Å². The molecule has 6 rings (SSSR count). The van der Waals surface area contributed by atoms with Crippen LogP contribution >= 0.6 is 11.6 Å². The molecule has 1 aromatic carbocycles. The van der Waals surface area contributed by atoms with E-state index in [0.29, 0.717) is 23.6 Å². The predicted molar refractivity (Wildman–Crippen MR) is 138 cm³/mol. The Morgan fingerprint density at radius 2 is 2.00 bits per heavy atom. The van der Waals surface area contributed by atoms with E-state index in [1.807, 2.05) is 6.07 Å². The van der Waals surface area contributed by atoms with Crippen LogP contribution in [0.4, 0.5) is 0 Å². The Morgan fingerprint density at radius 1 is 1.14 bits per heavy atom. The minimum absolute atomic E-state index is 0.0660. The molecule has 1 saturated carbocycles. The quantitative estimate of drug-likeness (QED) is 0.591. The molecule has 2 aliphatic heterocycles. The average Bonchev–Trinajstić information content (AvgIpc) is 3.62. The number of likely N-dealkylation sites (tertiary alicyclic amines) is 1. The Kier molecular flexibility index (Phi) is 6.59. The van der Waals surface area contributed by atoms with E-state index < -0.39 is 0 Å². The number of hydrogen-bond donors (Lipinski definition) is 1. The number of pyridine rings is 1. The lowest BCUT2D eigenvalue weighted by molar-refractivity contribution is -0.142. The Labute approximate surface area is 213 Å². The van der Waals surface area contributed by atoms with Crippen molar-refractivity contribution in [2.24, 2.45) is 11.8 Å². The van der Waals surface area contributed by atoms with Crippen molar-refractivity contribution in [2.45, 2.75) is 62.3 Å². The Bertz CT molecular complexity index is 1060. The first-order valence-corrected chi connectivity index (χ1v) is 13.8. The van der Waals surface area contributed by atoms with E-state index in [0.717, 1.165) is 70.0 Å². The maximum absolute atomic E-state index is 14.3. The SMILES string of the molecule is O=C(C1CNCC12CCCc1nc(Cl)ccc12)N1CCC(c2ccccc2)CC1COCC1CC1. The average molecular weight is 494 g/mol. The topological polar surface area (TPSA) is 54.5 Å². The number of ether oxygens (including phenoxy) is 1. The molecule has 1 spiro atoms. The number of fused-ring (bicyclic) bond motifs is 2. The van der Waals surface area contributed by atoms with E-state index in [9.17, 15) is 4.79 Å². The molecule has 2 saturated heterocycles. The number of aromatic nitrogens is 1. The van der Waals surface area contributed by atoms with Gasteiger partial charge in [-0.2, -0.15) is 0 Å². The first-order valence-electron chi connectivity index (χ1n) is 13.4. The molecule has 1 aromatic heterocycles. The lowest BCUT2D eigenvalue weighted by atomic mass is 9.65. The molecule has 3 heterocycles. The van der Waals surface area contributed by atoms with Crippen LogP contribution in [0.3, 0.4) is 0 Å². The fourth-order valence-corrected chi connectivity index (χ4v) is 7.00. The van der Waals surface area contributed by atoms with Crippen molar-refractivity contribution in [2.75, 3.05) is 32.8 Å². The highest BCUT2D eigenvalue weighted by molar-refractivity contribution is 6.29. The summed E-state index contributed by atoms with van der Waals surface area (Å²) in [5.41, 5.74) is 3.52. The summed E-state index contributed by atoms with van der Waals surface area (Å²) < 4.78 is 6.20. The summed E-state index contributed by atoms with van der Waals surface area (Å²) in [5, 5.41) is 4.13. The predicted octanol–water partition coefficient (Wildman–Crippen LogP) is 4.73. The number of piperidine rings is 1. The van der Waals surface area contributed by atoms with Gasteiger partial charge in [0.15, 0.2) is 0 Å². The molecule has 4 aliphatic rings. The van der Waals surface area contributed by atoms with Crippen LogP contribution in [0.15, 0.2) is 42.5 Å². The minimum atomic E-state index is -0.183. The second kappa shape index (κ2) is 9.84. The summed E-state index contributed by atoms with van der Waals surface area (Å²) in [6, 6.07) is 15.0. The third-order valence-corrected chi connectivity index (χ3v) is 9.11. The van der Waals surface area contributed by atoms with Crippen LogP contribution in [0, 0.1) is 11.8 Å². The highest BCUT2D eigenvalue weighted by Crippen LogP contribution is 2.46. The van der Waals surface area contributed by atoms with Gasteiger partial charge in [0, 0.05) is 37.4 Å². The van der Waals surface area contributed by atoms with Gasteiger partial charge in [0.05, 0.1) is 18.6 Å². The number of aryl methyl sites for hydroxylation is 1. The summed E-state index contributed by atoms with van der Waals surface area (Å²) in [7, 11) is 0. The number of nitrogens with one attached hydrogen (secondary N) is 1. The molecule has 0 radical (unpaired) electrons. The molecule has 4 atom stereocenters. The number of rotatable bonds is 6. The van der Waals surface area contributed by atoms with Gasteiger partial charge in [-0.3, -0.25) is 4.79 Å². The maximum atomic E-state index is 14.3. The summed E-state index contributed by atoms with van der Waals surface area (Å²) in [5.74, 6) is 1.44. The molecular weight excluding hydrogens is 458 g/mol. The van der Waals surface area contributed by atoms with Gasteiger partial charge in [0.25, 0.3) is 0 Å². The second-order valence-electron chi connectivity index (χ2n) is 11.1. The first kappa shape index (κ1) is 23.4. The van der Waals surface area contributed by atoms with Gasteiger partial charge in [-0.1, -0.05) is 48.0 Å². The highest BCUT2D eigenvalue weighted by Gasteiger charge is 2.52. The first-order chi connectivity index (χ1) is 17.1. The molecule has 1 N–H and O–H groups in total. The van der Waals surface area contributed by atoms with Crippen molar-refractivity contribution in [1.29, 1.82) is 0 Å². The van der Waals surface area contributed by atoms with E-state index in [-0.39, 0.29) is 17.4 Å². The number of carbonyl (C=O) groups is 1. The van der Waals surface area contributed by atoms with Gasteiger partial charge in [-0.05, 0) is 74.0 Å². The normalized spacial score (nSPS) is 30.4. The third kappa shape index (κ3) is 4.63. The van der Waals surface area contributed by atoms with Crippen LogP contribution in [-0.2, 0) is 21.4 Å². The van der Waals surface area contributed by atoms with Crippen molar-refractivity contribution in [1.82, 2.24) is 15.2 Å². The molecule has 2 aliphatic carbocycles. The van der Waals surface area contributed by atoms with E-state index in [1.54, 1.807) is 0 Å². The second-order valence-corrected chi connectivity index (χ2v) is 11.5. The van der Waals surface area contributed by atoms with Crippen molar-refractivity contribution in [3.63, 3.8) is 0 Å². The highest BCUT2D eigenvalue weighted by atomic mass is 35.5. The van der Waals surface area contributed by atoms with Gasteiger partial charge in [-0.15, -0.1) is 0 Å². The fraction of sp³-hybridized carbons (Fsp3) is 0.586. The lowest BCUT2D eigenvalue weighted by Crippen LogP contribution is -2.54. The molecule has 0 bridgehead atoms. The molecule has 3 fully saturated rings. The van der Waals surface area contributed by atoms with Gasteiger partial charge >= 0.3 is 0 Å². The zero-order chi connectivity index (χ0) is 23.8. The van der Waals surface area contributed by atoms with Crippen LogP contribution in [0.5, 0.6) is 0 Å². The van der Waals surface area contributed by atoms with Crippen LogP contribution in [-0.4, -0.2) is 54.7 Å². The van der Waals surface area contributed by atoms with Gasteiger partial charge in [0.1, 0.15) is 5.15 Å². The van der Waals surface area contributed by atoms with E-state index >= 15 is 0 Å². The zero-order valence-corrected chi connectivity index (χ0v) is 21.2. The molecule has 6 heteroatoms. The number of carbonyl (C=O) groups excluding carboxylic acids is 1. The summed E-state index contributed by atoms with van der Waals surface area (Å²) >= 11 is 6.24. The van der Waals surface area contributed by atoms with Crippen LogP contribution in [0.25, 0.3) is 0 Å². The molecular formula is C29H36ClN3O2. The van der Waals surface area contributed by atoms with Gasteiger partial charge in [0.2, 0.25) is 5.91 Å². The summed E-state index contributed by atoms with van der Waals surface area (Å²) in [4.78, 5) is 21.1. The van der Waals surface area contributed by atoms with Gasteiger partial charge < -0.3 is 15.0 Å². The lowest BCUT2D eigenvalue weighted by Gasteiger charge is -2.45. The molecule has 2 aromatic rings. The van der Waals surface area contributed by atoms with Crippen molar-refractivity contribution >= 4 is 17.5 Å². The third-order valence-electron chi connectivity index (χ3n) is 8.90. The number of amides is 1. The van der Waals surface area contributed by atoms with Crippen LogP contribution in [0.1, 0.15) is 61.3 Å². The smallest absolute Gasteiger partial charge is 0.228 e. The monoisotopic (exact) mass is 493 g/mol. The van der Waals surface area contributed by atoms with Crippen molar-refractivity contribution < 1.29 is 9.53 Å². The molecule has 5 nitrogen and oxygen atoms in total. The van der Waals surface area contributed by atoms with E-state index in [4.69, 9.17) is 16.3 Å². The Balaban J connectivity index is 1.25. The Morgan fingerprint density at radius 3 is 2.83 bits per heavy atom. The van der Waals surface area contributed by atoms with Crippen LogP contribution < -0.4 is 5.32 Å². The van der Waals surface area contributed by atoms with Crippen LogP contribution in [0.2, 0.25) is 5.15 Å². The number of benzene rings is 1. The zero-order valence-electron chi connectivity index (χ0n) is 20.4. The number of hydrogen-bond acceptors (Lipinski definition) is 4. The largest absolute Gasteiger partial charge is 0.379 e. The number of nitrogens with zero attached hydrogens (tertiary/aromatic N) is 2. The Hall–Kier alpha value is -1.95. The standard InChI is InChI=1S/C29H36ClN3O2/c30-27-11-10-24-26(32-27)7-4-13-29(24)19-31-16-25(29)28(34)33-14-12-22(21-5-2-1-3-6-21)15-23(33)18-35-17-20-8-9-20/h1-3,5-6,10-11,20,22-23,25,31H,4,7-9,12-19H2.